The third kappa shape index (κ3) is 5.17. The zero-order valence-electron chi connectivity index (χ0n) is 12.8. The minimum atomic E-state index is -4.52. The monoisotopic (exact) mass is 401 g/mol. The Labute approximate surface area is 156 Å². The van der Waals surface area contributed by atoms with Crippen molar-refractivity contribution < 1.29 is 23.1 Å². The molecule has 0 aliphatic carbocycles. The average Bonchev–Trinajstić information content (AvgIpc) is 2.56. The fraction of sp³-hybridized carbons (Fsp3) is 0.0625. The van der Waals surface area contributed by atoms with E-state index in [0.29, 0.717) is 5.56 Å². The summed E-state index contributed by atoms with van der Waals surface area (Å²) in [5.74, 6) is -1.12. The number of hydrazone groups is 1. The number of alkyl halides is 3. The Morgan fingerprint density at radius 2 is 1.92 bits per heavy atom. The van der Waals surface area contributed by atoms with E-state index in [-0.39, 0.29) is 21.4 Å². The first-order valence-electron chi connectivity index (χ1n) is 6.97. The quantitative estimate of drug-likeness (QED) is 0.403. The van der Waals surface area contributed by atoms with Crippen LogP contribution in [0.25, 0.3) is 0 Å². The van der Waals surface area contributed by atoms with Gasteiger partial charge in [0.15, 0.2) is 5.11 Å². The molecule has 0 saturated heterocycles. The average molecular weight is 402 g/mol. The van der Waals surface area contributed by atoms with Crippen molar-refractivity contribution in [1.29, 1.82) is 0 Å². The molecule has 0 atom stereocenters. The molecule has 0 spiro atoms. The van der Waals surface area contributed by atoms with Crippen LogP contribution in [0.1, 0.15) is 21.5 Å². The molecular formula is C16H11ClF3N3O2S. The first-order chi connectivity index (χ1) is 12.2. The summed E-state index contributed by atoms with van der Waals surface area (Å²) in [5, 5.41) is 15.3. The molecule has 2 rings (SSSR count). The molecule has 0 aromatic heterocycles. The number of thiocarbonyl (C=S) groups is 1. The summed E-state index contributed by atoms with van der Waals surface area (Å²) < 4.78 is 38.2. The van der Waals surface area contributed by atoms with Gasteiger partial charge in [0.2, 0.25) is 0 Å². The molecule has 0 heterocycles. The van der Waals surface area contributed by atoms with Crippen LogP contribution >= 0.6 is 23.8 Å². The summed E-state index contributed by atoms with van der Waals surface area (Å²) in [6.07, 6.45) is -3.29. The van der Waals surface area contributed by atoms with Gasteiger partial charge in [-0.1, -0.05) is 29.8 Å². The second-order valence-electron chi connectivity index (χ2n) is 4.91. The Morgan fingerprint density at radius 3 is 2.58 bits per heavy atom. The lowest BCUT2D eigenvalue weighted by Crippen LogP contribution is -2.24. The van der Waals surface area contributed by atoms with Gasteiger partial charge in [-0.15, -0.1) is 0 Å². The molecule has 0 bridgehead atoms. The number of halogens is 4. The van der Waals surface area contributed by atoms with E-state index >= 15 is 0 Å². The van der Waals surface area contributed by atoms with Crippen molar-refractivity contribution in [2.45, 2.75) is 6.18 Å². The second kappa shape index (κ2) is 8.15. The van der Waals surface area contributed by atoms with Gasteiger partial charge in [0.25, 0.3) is 0 Å². The lowest BCUT2D eigenvalue weighted by atomic mass is 10.1. The summed E-state index contributed by atoms with van der Waals surface area (Å²) in [6, 6.07) is 8.91. The predicted octanol–water partition coefficient (Wildman–Crippen LogP) is 4.38. The van der Waals surface area contributed by atoms with Crippen molar-refractivity contribution in [3.05, 3.63) is 64.2 Å². The van der Waals surface area contributed by atoms with Crippen LogP contribution in [-0.4, -0.2) is 22.4 Å². The number of carboxylic acids is 1. The van der Waals surface area contributed by atoms with Gasteiger partial charge >= 0.3 is 12.1 Å². The minimum Gasteiger partial charge on any atom is -0.478 e. The molecule has 5 nitrogen and oxygen atoms in total. The number of anilines is 1. The molecule has 0 aliphatic rings. The molecule has 2 aromatic rings. The number of nitrogens with zero attached hydrogens (tertiary/aromatic N) is 1. The van der Waals surface area contributed by atoms with Crippen LogP contribution < -0.4 is 10.7 Å². The fourth-order valence-corrected chi connectivity index (χ4v) is 2.24. The van der Waals surface area contributed by atoms with E-state index in [9.17, 15) is 18.0 Å². The van der Waals surface area contributed by atoms with Gasteiger partial charge in [-0.05, 0) is 36.5 Å². The molecule has 0 saturated carbocycles. The Bertz CT molecular complexity index is 872. The topological polar surface area (TPSA) is 73.7 Å². The lowest BCUT2D eigenvalue weighted by Gasteiger charge is -2.12. The predicted molar refractivity (Wildman–Crippen MR) is 96.8 cm³/mol. The fourth-order valence-electron chi connectivity index (χ4n) is 1.91. The van der Waals surface area contributed by atoms with Gasteiger partial charge in [0.05, 0.1) is 28.1 Å². The first kappa shape index (κ1) is 19.7. The molecule has 3 N–H and O–H groups in total. The molecule has 2 aromatic carbocycles. The maximum Gasteiger partial charge on any atom is 0.416 e. The smallest absolute Gasteiger partial charge is 0.416 e. The Balaban J connectivity index is 2.07. The molecule has 0 fully saturated rings. The number of carbonyl (C=O) groups is 1. The highest BCUT2D eigenvalue weighted by atomic mass is 35.5. The van der Waals surface area contributed by atoms with Gasteiger partial charge in [-0.25, -0.2) is 4.79 Å². The zero-order chi connectivity index (χ0) is 19.3. The zero-order valence-corrected chi connectivity index (χ0v) is 14.4. The SMILES string of the molecule is O=C(O)c1ccccc1C=NNC(=S)Nc1cc(C(F)(F)F)ccc1Cl. The Hall–Kier alpha value is -2.65. The van der Waals surface area contributed by atoms with Crippen LogP contribution in [-0.2, 0) is 6.18 Å². The normalized spacial score (nSPS) is 11.4. The number of aromatic carboxylic acids is 1. The van der Waals surface area contributed by atoms with Gasteiger partial charge in [-0.2, -0.15) is 18.3 Å². The van der Waals surface area contributed by atoms with Crippen LogP contribution in [0.2, 0.25) is 5.02 Å². The number of carboxylic acid groups (broad SMARTS) is 1. The summed E-state index contributed by atoms with van der Waals surface area (Å²) in [4.78, 5) is 11.1. The second-order valence-corrected chi connectivity index (χ2v) is 5.72. The van der Waals surface area contributed by atoms with E-state index in [1.807, 2.05) is 0 Å². The molecular weight excluding hydrogens is 391 g/mol. The van der Waals surface area contributed by atoms with Gasteiger partial charge in [-0.3, -0.25) is 5.43 Å². The summed E-state index contributed by atoms with van der Waals surface area (Å²) in [5.41, 5.74) is 1.83. The molecule has 136 valence electrons. The van der Waals surface area contributed by atoms with Crippen molar-refractivity contribution in [1.82, 2.24) is 5.43 Å². The highest BCUT2D eigenvalue weighted by Gasteiger charge is 2.31. The van der Waals surface area contributed by atoms with E-state index in [1.54, 1.807) is 12.1 Å². The van der Waals surface area contributed by atoms with E-state index in [0.717, 1.165) is 18.2 Å². The third-order valence-corrected chi connectivity index (χ3v) is 3.63. The number of nitrogens with one attached hydrogen (secondary N) is 2. The maximum absolute atomic E-state index is 12.7. The molecule has 26 heavy (non-hydrogen) atoms. The van der Waals surface area contributed by atoms with Crippen LogP contribution in [0.3, 0.4) is 0 Å². The van der Waals surface area contributed by atoms with E-state index in [2.05, 4.69) is 15.8 Å². The van der Waals surface area contributed by atoms with Gasteiger partial charge in [0, 0.05) is 5.56 Å². The standard InChI is InChI=1S/C16H11ClF3N3O2S/c17-12-6-5-10(16(18,19)20)7-13(12)22-15(26)23-21-8-9-3-1-2-4-11(9)14(24)25/h1-8H,(H,24,25)(H2,22,23,26). The lowest BCUT2D eigenvalue weighted by molar-refractivity contribution is -0.137. The van der Waals surface area contributed by atoms with Gasteiger partial charge in [0.1, 0.15) is 0 Å². The summed E-state index contributed by atoms with van der Waals surface area (Å²) >= 11 is 10.8. The summed E-state index contributed by atoms with van der Waals surface area (Å²) in [7, 11) is 0. The number of rotatable bonds is 4. The Kier molecular flexibility index (Phi) is 6.17. The first-order valence-corrected chi connectivity index (χ1v) is 7.76. The highest BCUT2D eigenvalue weighted by molar-refractivity contribution is 7.80. The van der Waals surface area contributed by atoms with Crippen LogP contribution in [0.5, 0.6) is 0 Å². The molecule has 0 unspecified atom stereocenters. The van der Waals surface area contributed by atoms with Crippen LogP contribution in [0.4, 0.5) is 18.9 Å². The minimum absolute atomic E-state index is 0.0397. The maximum atomic E-state index is 12.7. The van der Waals surface area contributed by atoms with Gasteiger partial charge < -0.3 is 10.4 Å². The van der Waals surface area contributed by atoms with Crippen molar-refractivity contribution in [3.8, 4) is 0 Å². The van der Waals surface area contributed by atoms with Crippen LogP contribution in [0.15, 0.2) is 47.6 Å². The van der Waals surface area contributed by atoms with Crippen molar-refractivity contribution in [2.24, 2.45) is 5.10 Å². The van der Waals surface area contributed by atoms with Crippen molar-refractivity contribution >= 4 is 46.8 Å². The van der Waals surface area contributed by atoms with Crippen molar-refractivity contribution in [3.63, 3.8) is 0 Å². The molecule has 0 aliphatic heterocycles. The Morgan fingerprint density at radius 1 is 1.23 bits per heavy atom. The number of hydrogen-bond acceptors (Lipinski definition) is 3. The largest absolute Gasteiger partial charge is 0.478 e. The highest BCUT2D eigenvalue weighted by Crippen LogP contribution is 2.33. The number of benzene rings is 2. The molecule has 0 amide bonds. The van der Waals surface area contributed by atoms with Crippen LogP contribution in [0, 0.1) is 0 Å². The van der Waals surface area contributed by atoms with E-state index in [4.69, 9.17) is 28.9 Å². The molecule has 10 heteroatoms. The third-order valence-electron chi connectivity index (χ3n) is 3.10. The molecule has 0 radical (unpaired) electrons. The summed E-state index contributed by atoms with van der Waals surface area (Å²) in [6.45, 7) is 0. The van der Waals surface area contributed by atoms with Crippen molar-refractivity contribution in [2.75, 3.05) is 5.32 Å². The van der Waals surface area contributed by atoms with E-state index in [1.165, 1.54) is 18.3 Å². The number of hydrogen-bond donors (Lipinski definition) is 3. The van der Waals surface area contributed by atoms with E-state index < -0.39 is 17.7 Å².